The molecule has 0 atom stereocenters. The average Bonchev–Trinajstić information content (AvgIpc) is 2.07. The van der Waals surface area contributed by atoms with Gasteiger partial charge in [-0.25, -0.2) is 13.8 Å². The van der Waals surface area contributed by atoms with Crippen LogP contribution in [0.25, 0.3) is 0 Å². The minimum atomic E-state index is -2.62. The lowest BCUT2D eigenvalue weighted by Gasteiger charge is -2.04. The Morgan fingerprint density at radius 3 is 2.69 bits per heavy atom. The van der Waals surface area contributed by atoms with Crippen LogP contribution < -0.4 is 0 Å². The largest absolute Gasteiger partial charge is 0.298 e. The maximum atomic E-state index is 12.3. The molecule has 2 nitrogen and oxygen atoms in total. The third kappa shape index (κ3) is 2.43. The van der Waals surface area contributed by atoms with Gasteiger partial charge in [0.15, 0.2) is 6.29 Å². The highest BCUT2D eigenvalue weighted by Gasteiger charge is 2.15. The second-order valence-electron chi connectivity index (χ2n) is 2.15. The van der Waals surface area contributed by atoms with Gasteiger partial charge in [0.2, 0.25) is 0 Å². The summed E-state index contributed by atoms with van der Waals surface area (Å²) >= 11 is 4.65. The second-order valence-corrected chi connectivity index (χ2v) is 4.07. The third-order valence-electron chi connectivity index (χ3n) is 1.32. The first kappa shape index (κ1) is 11.0. The van der Waals surface area contributed by atoms with Gasteiger partial charge in [-0.05, 0) is 44.6 Å². The number of pyridine rings is 1. The molecule has 1 aromatic rings. The van der Waals surface area contributed by atoms with E-state index in [1.807, 2.05) is 0 Å². The van der Waals surface area contributed by atoms with Crippen LogP contribution in [0.1, 0.15) is 22.5 Å². The van der Waals surface area contributed by atoms with Crippen LogP contribution in [-0.2, 0) is 0 Å². The number of alkyl halides is 2. The van der Waals surface area contributed by atoms with E-state index in [2.05, 4.69) is 20.9 Å². The smallest absolute Gasteiger partial charge is 0.281 e. The molecular weight excluding hydrogens is 359 g/mol. The second kappa shape index (κ2) is 4.41. The van der Waals surface area contributed by atoms with Crippen LogP contribution in [0.5, 0.6) is 0 Å². The van der Waals surface area contributed by atoms with E-state index in [0.717, 1.165) is 0 Å². The van der Waals surface area contributed by atoms with E-state index in [9.17, 15) is 13.6 Å². The minimum Gasteiger partial charge on any atom is -0.298 e. The summed E-state index contributed by atoms with van der Waals surface area (Å²) < 4.78 is 25.0. The molecule has 0 spiro atoms. The summed E-state index contributed by atoms with van der Waals surface area (Å²) in [7, 11) is 0. The highest BCUT2D eigenvalue weighted by molar-refractivity contribution is 14.1. The van der Waals surface area contributed by atoms with Crippen LogP contribution in [0.15, 0.2) is 10.7 Å². The molecule has 0 unspecified atom stereocenters. The zero-order chi connectivity index (χ0) is 10.0. The molecule has 0 saturated carbocycles. The molecule has 70 valence electrons. The number of rotatable bonds is 2. The Kier molecular flexibility index (Phi) is 3.72. The zero-order valence-corrected chi connectivity index (χ0v) is 9.84. The predicted octanol–water partition coefficient (Wildman–Crippen LogP) is 3.20. The fourth-order valence-corrected chi connectivity index (χ4v) is 1.82. The van der Waals surface area contributed by atoms with Gasteiger partial charge in [0.1, 0.15) is 10.3 Å². The Bertz CT molecular complexity index is 346. The van der Waals surface area contributed by atoms with Crippen molar-refractivity contribution in [1.29, 1.82) is 0 Å². The topological polar surface area (TPSA) is 30.0 Å². The fourth-order valence-electron chi connectivity index (χ4n) is 0.729. The van der Waals surface area contributed by atoms with E-state index < -0.39 is 6.43 Å². The number of carbonyl (C=O) groups is 1. The molecule has 0 aliphatic carbocycles. The summed E-state index contributed by atoms with van der Waals surface area (Å²) in [5.41, 5.74) is -0.0353. The third-order valence-corrected chi connectivity index (χ3v) is 2.82. The molecule has 0 aliphatic rings. The molecular formula is C7H3BrF2INO. The van der Waals surface area contributed by atoms with Crippen LogP contribution in [0.2, 0.25) is 0 Å². The van der Waals surface area contributed by atoms with Crippen LogP contribution in [0.4, 0.5) is 8.78 Å². The lowest BCUT2D eigenvalue weighted by atomic mass is 10.3. The van der Waals surface area contributed by atoms with Gasteiger partial charge in [0.25, 0.3) is 6.43 Å². The Hall–Kier alpha value is -0.110. The minimum absolute atomic E-state index is 0.151. The number of hydrogen-bond donors (Lipinski definition) is 0. The van der Waals surface area contributed by atoms with Crippen LogP contribution in [0.3, 0.4) is 0 Å². The fraction of sp³-hybridized carbons (Fsp3) is 0.143. The summed E-state index contributed by atoms with van der Waals surface area (Å²) in [4.78, 5) is 14.0. The van der Waals surface area contributed by atoms with E-state index >= 15 is 0 Å². The van der Waals surface area contributed by atoms with Gasteiger partial charge in [0, 0.05) is 9.13 Å². The van der Waals surface area contributed by atoms with Gasteiger partial charge < -0.3 is 0 Å². The Labute approximate surface area is 95.0 Å². The Morgan fingerprint density at radius 2 is 2.23 bits per heavy atom. The summed E-state index contributed by atoms with van der Waals surface area (Å²) in [5, 5.41) is 0. The van der Waals surface area contributed by atoms with Crippen molar-refractivity contribution in [2.24, 2.45) is 0 Å². The highest BCUT2D eigenvalue weighted by atomic mass is 127. The zero-order valence-electron chi connectivity index (χ0n) is 6.10. The molecule has 0 saturated heterocycles. The van der Waals surface area contributed by atoms with Gasteiger partial charge in [0.05, 0.1) is 0 Å². The van der Waals surface area contributed by atoms with Crippen molar-refractivity contribution in [3.05, 3.63) is 25.5 Å². The molecule has 0 amide bonds. The van der Waals surface area contributed by atoms with Gasteiger partial charge in [-0.3, -0.25) is 4.79 Å². The number of aldehydes is 1. The van der Waals surface area contributed by atoms with Crippen LogP contribution in [-0.4, -0.2) is 11.3 Å². The summed E-state index contributed by atoms with van der Waals surface area (Å²) in [6, 6.07) is 1.37. The highest BCUT2D eigenvalue weighted by Crippen LogP contribution is 2.26. The lowest BCUT2D eigenvalue weighted by Crippen LogP contribution is -1.98. The van der Waals surface area contributed by atoms with E-state index in [1.165, 1.54) is 6.07 Å². The average molecular weight is 362 g/mol. The SMILES string of the molecule is O=Cc1cc(I)c(C(F)F)nc1Br. The molecule has 0 fully saturated rings. The molecule has 6 heteroatoms. The number of aromatic nitrogens is 1. The molecule has 0 bridgehead atoms. The predicted molar refractivity (Wildman–Crippen MR) is 55.0 cm³/mol. The van der Waals surface area contributed by atoms with Crippen molar-refractivity contribution < 1.29 is 13.6 Å². The lowest BCUT2D eigenvalue weighted by molar-refractivity contribution is 0.112. The Morgan fingerprint density at radius 1 is 1.62 bits per heavy atom. The van der Waals surface area contributed by atoms with Gasteiger partial charge in [-0.1, -0.05) is 0 Å². The van der Waals surface area contributed by atoms with Crippen molar-refractivity contribution in [3.63, 3.8) is 0 Å². The van der Waals surface area contributed by atoms with E-state index in [4.69, 9.17) is 0 Å². The summed E-state index contributed by atoms with van der Waals surface area (Å²) in [6.07, 6.45) is -2.06. The Balaban J connectivity index is 3.28. The van der Waals surface area contributed by atoms with E-state index in [0.29, 0.717) is 6.29 Å². The van der Waals surface area contributed by atoms with Gasteiger partial charge >= 0.3 is 0 Å². The maximum Gasteiger partial charge on any atom is 0.281 e. The standard InChI is InChI=1S/C7H3BrF2INO/c8-6-3(2-13)1-4(11)5(12-6)7(9)10/h1-2,7H. The summed E-state index contributed by atoms with van der Waals surface area (Å²) in [6.45, 7) is 0. The first-order valence-corrected chi connectivity index (χ1v) is 5.02. The van der Waals surface area contributed by atoms with Crippen LogP contribution >= 0.6 is 38.5 Å². The quantitative estimate of drug-likeness (QED) is 0.460. The van der Waals surface area contributed by atoms with Crippen molar-refractivity contribution >= 4 is 44.8 Å². The number of nitrogens with zero attached hydrogens (tertiary/aromatic N) is 1. The van der Waals surface area contributed by atoms with Crippen LogP contribution in [0, 0.1) is 3.57 Å². The monoisotopic (exact) mass is 361 g/mol. The number of hydrogen-bond acceptors (Lipinski definition) is 2. The van der Waals surface area contributed by atoms with Crippen molar-refractivity contribution in [2.75, 3.05) is 0 Å². The van der Waals surface area contributed by atoms with E-state index in [-0.39, 0.29) is 19.4 Å². The van der Waals surface area contributed by atoms with Crippen molar-refractivity contribution in [1.82, 2.24) is 4.98 Å². The number of carbonyl (C=O) groups excluding carboxylic acids is 1. The molecule has 0 N–H and O–H groups in total. The molecule has 13 heavy (non-hydrogen) atoms. The van der Waals surface area contributed by atoms with E-state index in [1.54, 1.807) is 22.6 Å². The van der Waals surface area contributed by atoms with Gasteiger partial charge in [-0.15, -0.1) is 0 Å². The maximum absolute atomic E-state index is 12.3. The molecule has 1 heterocycles. The van der Waals surface area contributed by atoms with Crippen molar-refractivity contribution in [3.8, 4) is 0 Å². The van der Waals surface area contributed by atoms with Gasteiger partial charge in [-0.2, -0.15) is 0 Å². The molecule has 0 radical (unpaired) electrons. The van der Waals surface area contributed by atoms with Crippen molar-refractivity contribution in [2.45, 2.75) is 6.43 Å². The first-order valence-electron chi connectivity index (χ1n) is 3.15. The first-order chi connectivity index (χ1) is 6.06. The molecule has 1 rings (SSSR count). The molecule has 1 aromatic heterocycles. The molecule has 0 aromatic carbocycles. The molecule has 0 aliphatic heterocycles. The number of halogens is 4. The summed E-state index contributed by atoms with van der Waals surface area (Å²) in [5.74, 6) is 0. The normalized spacial score (nSPS) is 10.5.